The first kappa shape index (κ1) is 18.7. The minimum absolute atomic E-state index is 0.0148. The first-order valence-corrected chi connectivity index (χ1v) is 8.43. The Balaban J connectivity index is 2.05. The van der Waals surface area contributed by atoms with E-state index in [-0.39, 0.29) is 23.5 Å². The fourth-order valence-corrected chi connectivity index (χ4v) is 2.91. The zero-order valence-electron chi connectivity index (χ0n) is 14.5. The Hall–Kier alpha value is -3.09. The number of halogens is 3. The topological polar surface area (TPSA) is 49.4 Å². The Morgan fingerprint density at radius 1 is 0.963 bits per heavy atom. The van der Waals surface area contributed by atoms with Crippen LogP contribution in [-0.2, 0) is 15.8 Å². The summed E-state index contributed by atoms with van der Waals surface area (Å²) in [4.78, 5) is 26.6. The lowest BCUT2D eigenvalue weighted by Gasteiger charge is -2.14. The molecule has 4 nitrogen and oxygen atoms in total. The number of rotatable bonds is 5. The molecule has 0 aromatic heterocycles. The van der Waals surface area contributed by atoms with E-state index in [1.54, 1.807) is 30.3 Å². The highest BCUT2D eigenvalue weighted by Crippen LogP contribution is 2.33. The first-order valence-electron chi connectivity index (χ1n) is 8.43. The predicted molar refractivity (Wildman–Crippen MR) is 95.4 cm³/mol. The van der Waals surface area contributed by atoms with E-state index in [4.69, 9.17) is 0 Å². The zero-order valence-corrected chi connectivity index (χ0v) is 14.5. The van der Waals surface area contributed by atoms with Crippen molar-refractivity contribution in [2.24, 2.45) is 0 Å². The molecule has 2 aromatic rings. The molecule has 2 amide bonds. The van der Waals surface area contributed by atoms with Gasteiger partial charge in [-0.3, -0.25) is 14.5 Å². The monoisotopic (exact) mass is 374 g/mol. The van der Waals surface area contributed by atoms with Gasteiger partial charge in [-0.05, 0) is 30.2 Å². The number of anilines is 1. The number of benzene rings is 2. The van der Waals surface area contributed by atoms with Gasteiger partial charge in [0.2, 0.25) is 0 Å². The Bertz CT molecular complexity index is 905. The van der Waals surface area contributed by atoms with Crippen molar-refractivity contribution >= 4 is 23.1 Å². The summed E-state index contributed by atoms with van der Waals surface area (Å²) in [6.07, 6.45) is -3.92. The van der Waals surface area contributed by atoms with E-state index in [0.29, 0.717) is 12.0 Å². The van der Waals surface area contributed by atoms with Crippen molar-refractivity contribution in [3.8, 4) is 0 Å². The number of imide groups is 1. The minimum atomic E-state index is -4.50. The summed E-state index contributed by atoms with van der Waals surface area (Å²) < 4.78 is 38.9. The van der Waals surface area contributed by atoms with Crippen molar-refractivity contribution in [3.05, 3.63) is 71.4 Å². The van der Waals surface area contributed by atoms with Gasteiger partial charge in [0, 0.05) is 12.2 Å². The fourth-order valence-electron chi connectivity index (χ4n) is 2.91. The number of nitrogens with zero attached hydrogens (tertiary/aromatic N) is 1. The number of carbonyl (C=O) groups excluding carboxylic acids is 2. The summed E-state index contributed by atoms with van der Waals surface area (Å²) in [6.45, 7) is 2.07. The molecule has 3 rings (SSSR count). The lowest BCUT2D eigenvalue weighted by atomic mass is 10.0. The van der Waals surface area contributed by atoms with Gasteiger partial charge in [-0.1, -0.05) is 43.3 Å². The lowest BCUT2D eigenvalue weighted by molar-refractivity contribution is -0.138. The molecule has 1 aliphatic heterocycles. The summed E-state index contributed by atoms with van der Waals surface area (Å²) in [5.41, 5.74) is -0.0707. The van der Waals surface area contributed by atoms with Crippen molar-refractivity contribution in [1.29, 1.82) is 0 Å². The smallest absolute Gasteiger partial charge is 0.350 e. The van der Waals surface area contributed by atoms with Crippen molar-refractivity contribution in [1.82, 2.24) is 4.90 Å². The molecule has 0 aliphatic carbocycles. The maximum absolute atomic E-state index is 13.0. The SMILES string of the molecule is CCCN1C(=O)C(Nc2cccc(C(F)(F)F)c2)=C(c2ccccc2)C1=O. The van der Waals surface area contributed by atoms with Crippen LogP contribution < -0.4 is 5.32 Å². The molecule has 0 saturated heterocycles. The van der Waals surface area contributed by atoms with Crippen molar-refractivity contribution in [2.75, 3.05) is 11.9 Å². The quantitative estimate of drug-likeness (QED) is 0.794. The summed E-state index contributed by atoms with van der Waals surface area (Å²) in [5.74, 6) is -0.999. The van der Waals surface area contributed by atoms with Crippen LogP contribution in [0.2, 0.25) is 0 Å². The van der Waals surface area contributed by atoms with Crippen LogP contribution in [-0.4, -0.2) is 23.3 Å². The molecule has 27 heavy (non-hydrogen) atoms. The molecule has 7 heteroatoms. The van der Waals surface area contributed by atoms with E-state index in [2.05, 4.69) is 5.32 Å². The van der Waals surface area contributed by atoms with Gasteiger partial charge in [0.15, 0.2) is 0 Å². The number of carbonyl (C=O) groups is 2. The minimum Gasteiger partial charge on any atom is -0.350 e. The summed E-state index contributed by atoms with van der Waals surface area (Å²) in [5, 5.41) is 2.74. The van der Waals surface area contributed by atoms with Crippen LogP contribution in [0.3, 0.4) is 0 Å². The van der Waals surface area contributed by atoms with E-state index >= 15 is 0 Å². The average molecular weight is 374 g/mol. The fraction of sp³-hybridized carbons (Fsp3) is 0.200. The van der Waals surface area contributed by atoms with Gasteiger partial charge in [0.05, 0.1) is 11.1 Å². The van der Waals surface area contributed by atoms with E-state index in [1.807, 2.05) is 6.92 Å². The Morgan fingerprint density at radius 3 is 2.30 bits per heavy atom. The third-order valence-corrected chi connectivity index (χ3v) is 4.14. The molecule has 0 saturated carbocycles. The van der Waals surface area contributed by atoms with Gasteiger partial charge in [-0.25, -0.2) is 0 Å². The highest BCUT2D eigenvalue weighted by atomic mass is 19.4. The third kappa shape index (κ3) is 3.72. The van der Waals surface area contributed by atoms with Gasteiger partial charge < -0.3 is 5.32 Å². The predicted octanol–water partition coefficient (Wildman–Crippen LogP) is 4.31. The van der Waals surface area contributed by atoms with E-state index in [0.717, 1.165) is 17.0 Å². The standard InChI is InChI=1S/C20H17F3N2O2/c1-2-11-25-18(26)16(13-7-4-3-5-8-13)17(19(25)27)24-15-10-6-9-14(12-15)20(21,22)23/h3-10,12,24H,2,11H2,1H3. The summed E-state index contributed by atoms with van der Waals surface area (Å²) >= 11 is 0. The van der Waals surface area contributed by atoms with E-state index in [1.165, 1.54) is 12.1 Å². The molecule has 0 fully saturated rings. The lowest BCUT2D eigenvalue weighted by Crippen LogP contribution is -2.33. The highest BCUT2D eigenvalue weighted by Gasteiger charge is 2.39. The van der Waals surface area contributed by atoms with E-state index < -0.39 is 23.6 Å². The maximum Gasteiger partial charge on any atom is 0.416 e. The van der Waals surface area contributed by atoms with Crippen LogP contribution in [0.15, 0.2) is 60.3 Å². The van der Waals surface area contributed by atoms with Gasteiger partial charge in [-0.15, -0.1) is 0 Å². The van der Waals surface area contributed by atoms with Crippen LogP contribution >= 0.6 is 0 Å². The Kier molecular flexibility index (Phi) is 5.03. The second kappa shape index (κ2) is 7.26. The number of hydrogen-bond acceptors (Lipinski definition) is 3. The van der Waals surface area contributed by atoms with Gasteiger partial charge >= 0.3 is 6.18 Å². The highest BCUT2D eigenvalue weighted by molar-refractivity contribution is 6.36. The molecule has 2 aromatic carbocycles. The molecule has 0 spiro atoms. The van der Waals surface area contributed by atoms with Gasteiger partial charge in [0.1, 0.15) is 5.70 Å². The van der Waals surface area contributed by atoms with Crippen LogP contribution in [0.5, 0.6) is 0 Å². The normalized spacial score (nSPS) is 14.9. The Labute approximate surface area is 154 Å². The molecular weight excluding hydrogens is 357 g/mol. The first-order chi connectivity index (χ1) is 12.8. The molecule has 1 N–H and O–H groups in total. The molecule has 0 unspecified atom stereocenters. The second-order valence-corrected chi connectivity index (χ2v) is 6.08. The van der Waals surface area contributed by atoms with Crippen LogP contribution in [0.25, 0.3) is 5.57 Å². The average Bonchev–Trinajstić information content (AvgIpc) is 2.87. The molecule has 1 heterocycles. The van der Waals surface area contributed by atoms with Crippen LogP contribution in [0.1, 0.15) is 24.5 Å². The van der Waals surface area contributed by atoms with Crippen LogP contribution in [0.4, 0.5) is 18.9 Å². The largest absolute Gasteiger partial charge is 0.416 e. The molecule has 140 valence electrons. The van der Waals surface area contributed by atoms with Gasteiger partial charge in [-0.2, -0.15) is 13.2 Å². The zero-order chi connectivity index (χ0) is 19.6. The number of nitrogens with one attached hydrogen (secondary N) is 1. The maximum atomic E-state index is 13.0. The summed E-state index contributed by atoms with van der Waals surface area (Å²) in [7, 11) is 0. The number of hydrogen-bond donors (Lipinski definition) is 1. The Morgan fingerprint density at radius 2 is 1.67 bits per heavy atom. The van der Waals surface area contributed by atoms with Gasteiger partial charge in [0.25, 0.3) is 11.8 Å². The molecule has 0 atom stereocenters. The molecule has 0 radical (unpaired) electrons. The third-order valence-electron chi connectivity index (χ3n) is 4.14. The van der Waals surface area contributed by atoms with Crippen LogP contribution in [0, 0.1) is 0 Å². The molecule has 0 bridgehead atoms. The number of amides is 2. The number of alkyl halides is 3. The second-order valence-electron chi connectivity index (χ2n) is 6.08. The van der Waals surface area contributed by atoms with Crippen molar-refractivity contribution in [2.45, 2.75) is 19.5 Å². The summed E-state index contributed by atoms with van der Waals surface area (Å²) in [6, 6.07) is 13.1. The molecular formula is C20H17F3N2O2. The van der Waals surface area contributed by atoms with Crippen molar-refractivity contribution in [3.63, 3.8) is 0 Å². The van der Waals surface area contributed by atoms with Crippen molar-refractivity contribution < 1.29 is 22.8 Å². The van der Waals surface area contributed by atoms with E-state index in [9.17, 15) is 22.8 Å². The molecule has 1 aliphatic rings.